The third-order valence-corrected chi connectivity index (χ3v) is 7.97. The van der Waals surface area contributed by atoms with Crippen molar-refractivity contribution in [1.29, 1.82) is 0 Å². The van der Waals surface area contributed by atoms with Gasteiger partial charge in [0.2, 0.25) is 4.96 Å². The van der Waals surface area contributed by atoms with Crippen LogP contribution < -0.4 is 4.90 Å². The van der Waals surface area contributed by atoms with Crippen LogP contribution in [0.15, 0.2) is 54.7 Å². The fraction of sp³-hybridized carbons (Fsp3) is 0.433. The van der Waals surface area contributed by atoms with Gasteiger partial charge in [0.15, 0.2) is 0 Å². The molecule has 8 nitrogen and oxygen atoms in total. The Balaban J connectivity index is 1.14. The molecule has 206 valence electrons. The zero-order valence-corrected chi connectivity index (χ0v) is 23.5. The normalized spacial score (nSPS) is 14.3. The quantitative estimate of drug-likeness (QED) is 0.156. The molecule has 4 aromatic rings. The first-order valence-corrected chi connectivity index (χ1v) is 14.6. The van der Waals surface area contributed by atoms with Gasteiger partial charge < -0.3 is 19.1 Å². The third kappa shape index (κ3) is 6.84. The fourth-order valence-electron chi connectivity index (χ4n) is 4.82. The number of ether oxygens (including phenoxy) is 3. The number of hydrogen-bond donors (Lipinski definition) is 0. The first kappa shape index (κ1) is 27.3. The molecular formula is C30H36N4O4S. The number of carbonyl (C=O) groups is 1. The van der Waals surface area contributed by atoms with E-state index < -0.39 is 0 Å². The summed E-state index contributed by atoms with van der Waals surface area (Å²) in [5, 5.41) is 5.70. The number of anilines is 1. The molecule has 0 amide bonds. The lowest BCUT2D eigenvalue weighted by Crippen LogP contribution is -2.37. The molecule has 2 aromatic carbocycles. The second kappa shape index (κ2) is 13.2. The number of unbranched alkanes of at least 4 members (excludes halogenated alkanes) is 2. The minimum Gasteiger partial charge on any atom is -0.462 e. The van der Waals surface area contributed by atoms with Gasteiger partial charge >= 0.3 is 5.97 Å². The predicted octanol–water partition coefficient (Wildman–Crippen LogP) is 6.10. The number of nitrogens with zero attached hydrogens (tertiary/aromatic N) is 4. The molecule has 5 rings (SSSR count). The maximum absolute atomic E-state index is 11.9. The van der Waals surface area contributed by atoms with Crippen LogP contribution in [0.3, 0.4) is 0 Å². The Labute approximate surface area is 233 Å². The molecule has 0 spiro atoms. The Bertz CT molecular complexity index is 1310. The van der Waals surface area contributed by atoms with Crippen LogP contribution >= 0.6 is 11.3 Å². The zero-order valence-electron chi connectivity index (χ0n) is 22.7. The van der Waals surface area contributed by atoms with Crippen molar-refractivity contribution in [3.63, 3.8) is 0 Å². The minimum absolute atomic E-state index is 0.314. The zero-order chi connectivity index (χ0) is 27.0. The molecule has 39 heavy (non-hydrogen) atoms. The minimum atomic E-state index is -0.314. The Morgan fingerprint density at radius 3 is 2.38 bits per heavy atom. The molecule has 0 unspecified atom stereocenters. The summed E-state index contributed by atoms with van der Waals surface area (Å²) in [6.07, 6.45) is 7.81. The monoisotopic (exact) mass is 548 g/mol. The number of aromatic nitrogens is 3. The summed E-state index contributed by atoms with van der Waals surface area (Å²) >= 11 is 1.57. The van der Waals surface area contributed by atoms with Crippen LogP contribution in [0, 0.1) is 0 Å². The number of benzene rings is 2. The van der Waals surface area contributed by atoms with E-state index >= 15 is 0 Å². The Morgan fingerprint density at radius 2 is 1.69 bits per heavy atom. The molecule has 1 saturated heterocycles. The van der Waals surface area contributed by atoms with Crippen molar-refractivity contribution < 1.29 is 19.0 Å². The number of fused-ring (bicyclic) bond motifs is 1. The average molecular weight is 549 g/mol. The van der Waals surface area contributed by atoms with Crippen molar-refractivity contribution >= 4 is 28.0 Å². The lowest BCUT2D eigenvalue weighted by molar-refractivity contribution is 0.0340. The van der Waals surface area contributed by atoms with Crippen LogP contribution in [0.25, 0.3) is 26.8 Å². The van der Waals surface area contributed by atoms with E-state index in [1.807, 2.05) is 22.8 Å². The largest absolute Gasteiger partial charge is 0.462 e. The van der Waals surface area contributed by atoms with Crippen LogP contribution in [-0.2, 0) is 14.2 Å². The van der Waals surface area contributed by atoms with Crippen molar-refractivity contribution in [3.05, 3.63) is 60.3 Å². The van der Waals surface area contributed by atoms with Gasteiger partial charge in [-0.15, -0.1) is 0 Å². The van der Waals surface area contributed by atoms with Crippen molar-refractivity contribution in [1.82, 2.24) is 14.6 Å². The van der Waals surface area contributed by atoms with E-state index in [0.29, 0.717) is 18.3 Å². The highest BCUT2D eigenvalue weighted by Gasteiger charge is 2.20. The molecule has 0 saturated carbocycles. The van der Waals surface area contributed by atoms with Crippen molar-refractivity contribution in [3.8, 4) is 21.8 Å². The fourth-order valence-corrected chi connectivity index (χ4v) is 5.70. The lowest BCUT2D eigenvalue weighted by Gasteiger charge is -2.33. The van der Waals surface area contributed by atoms with Gasteiger partial charge in [0.05, 0.1) is 30.2 Å². The SMILES string of the molecule is CCOC(=O)c1ccc(-c2cn3nc(-c4ccc(N5CCC(OCCCCCOC)CC5)cc4)sc3n2)cc1. The van der Waals surface area contributed by atoms with Gasteiger partial charge in [-0.3, -0.25) is 0 Å². The molecule has 1 aliphatic heterocycles. The van der Waals surface area contributed by atoms with Crippen molar-refractivity contribution in [2.75, 3.05) is 44.9 Å². The van der Waals surface area contributed by atoms with Gasteiger partial charge in [-0.25, -0.2) is 14.3 Å². The number of carbonyl (C=O) groups excluding carboxylic acids is 1. The highest BCUT2D eigenvalue weighted by atomic mass is 32.1. The van der Waals surface area contributed by atoms with Gasteiger partial charge in [-0.1, -0.05) is 23.5 Å². The summed E-state index contributed by atoms with van der Waals surface area (Å²) in [5.41, 5.74) is 4.62. The van der Waals surface area contributed by atoms with Crippen LogP contribution in [0.1, 0.15) is 49.4 Å². The smallest absolute Gasteiger partial charge is 0.338 e. The van der Waals surface area contributed by atoms with E-state index in [9.17, 15) is 4.79 Å². The number of esters is 1. The van der Waals surface area contributed by atoms with E-state index in [1.165, 1.54) is 5.69 Å². The summed E-state index contributed by atoms with van der Waals surface area (Å²) in [6, 6.07) is 16.0. The number of imidazole rings is 1. The summed E-state index contributed by atoms with van der Waals surface area (Å²) in [7, 11) is 1.75. The summed E-state index contributed by atoms with van der Waals surface area (Å²) in [4.78, 5) is 19.9. The molecule has 1 fully saturated rings. The van der Waals surface area contributed by atoms with Crippen LogP contribution in [-0.4, -0.2) is 66.7 Å². The summed E-state index contributed by atoms with van der Waals surface area (Å²) in [6.45, 7) is 5.88. The Morgan fingerprint density at radius 1 is 0.974 bits per heavy atom. The van der Waals surface area contributed by atoms with E-state index in [4.69, 9.17) is 24.3 Å². The first-order chi connectivity index (χ1) is 19.1. The predicted molar refractivity (Wildman–Crippen MR) is 155 cm³/mol. The molecule has 9 heteroatoms. The van der Waals surface area contributed by atoms with E-state index in [1.54, 1.807) is 37.5 Å². The molecule has 0 atom stereocenters. The highest BCUT2D eigenvalue weighted by Crippen LogP contribution is 2.30. The van der Waals surface area contributed by atoms with E-state index in [2.05, 4.69) is 29.2 Å². The maximum Gasteiger partial charge on any atom is 0.338 e. The van der Waals surface area contributed by atoms with Crippen LogP contribution in [0.5, 0.6) is 0 Å². The second-order valence-electron chi connectivity index (χ2n) is 9.72. The molecule has 0 N–H and O–H groups in total. The second-order valence-corrected chi connectivity index (χ2v) is 10.7. The third-order valence-electron chi connectivity index (χ3n) is 7.00. The molecular weight excluding hydrogens is 512 g/mol. The van der Waals surface area contributed by atoms with Gasteiger partial charge in [0.25, 0.3) is 0 Å². The molecule has 1 aliphatic rings. The van der Waals surface area contributed by atoms with Crippen molar-refractivity contribution in [2.24, 2.45) is 0 Å². The van der Waals surface area contributed by atoms with Gasteiger partial charge in [-0.05, 0) is 75.4 Å². The van der Waals surface area contributed by atoms with Gasteiger partial charge in [0.1, 0.15) is 5.01 Å². The standard InChI is InChI=1S/C30H36N4O4S/c1-3-37-29(35)24-9-7-22(8-10-24)27-21-34-30(31-27)39-28(32-34)23-11-13-25(14-12-23)33-17-15-26(16-18-33)38-20-6-4-5-19-36-2/h7-14,21,26H,3-6,15-20H2,1-2H3. The van der Waals surface area contributed by atoms with Gasteiger partial charge in [0, 0.05) is 50.2 Å². The summed E-state index contributed by atoms with van der Waals surface area (Å²) in [5.74, 6) is -0.314. The Kier molecular flexibility index (Phi) is 9.23. The first-order valence-electron chi connectivity index (χ1n) is 13.7. The van der Waals surface area contributed by atoms with Crippen molar-refractivity contribution in [2.45, 2.75) is 45.1 Å². The van der Waals surface area contributed by atoms with Gasteiger partial charge in [-0.2, -0.15) is 5.10 Å². The molecule has 0 bridgehead atoms. The van der Waals surface area contributed by atoms with E-state index in [0.717, 1.165) is 85.2 Å². The average Bonchev–Trinajstić information content (AvgIpc) is 3.56. The number of methoxy groups -OCH3 is 1. The summed E-state index contributed by atoms with van der Waals surface area (Å²) < 4.78 is 18.1. The highest BCUT2D eigenvalue weighted by molar-refractivity contribution is 7.19. The van der Waals surface area contributed by atoms with Crippen LogP contribution in [0.2, 0.25) is 0 Å². The van der Waals surface area contributed by atoms with Crippen LogP contribution in [0.4, 0.5) is 5.69 Å². The van der Waals surface area contributed by atoms with E-state index in [-0.39, 0.29) is 5.97 Å². The number of piperidine rings is 1. The Hall–Kier alpha value is -3.27. The molecule has 2 aromatic heterocycles. The topological polar surface area (TPSA) is 78.2 Å². The number of hydrogen-bond acceptors (Lipinski definition) is 8. The number of rotatable bonds is 12. The molecule has 0 aliphatic carbocycles. The maximum atomic E-state index is 11.9. The molecule has 3 heterocycles. The molecule has 0 radical (unpaired) electrons. The lowest BCUT2D eigenvalue weighted by atomic mass is 10.1.